The summed E-state index contributed by atoms with van der Waals surface area (Å²) in [7, 11) is 0. The molecule has 1 saturated heterocycles. The minimum absolute atomic E-state index is 0.152. The molecular formula is C21H29BrN2O2. The Kier molecular flexibility index (Phi) is 6.74. The molecule has 0 bridgehead atoms. The van der Waals surface area contributed by atoms with Crippen LogP contribution in [0, 0.1) is 0 Å². The Hall–Kier alpha value is -1.36. The Bertz CT molecular complexity index is 623. The molecule has 0 aromatic heterocycles. The second kappa shape index (κ2) is 9.03. The molecule has 0 unspecified atom stereocenters. The van der Waals surface area contributed by atoms with Crippen LogP contribution >= 0.6 is 15.9 Å². The lowest BCUT2D eigenvalue weighted by molar-refractivity contribution is -0.130. The van der Waals surface area contributed by atoms with E-state index in [0.29, 0.717) is 13.0 Å². The van der Waals surface area contributed by atoms with Crippen molar-refractivity contribution < 1.29 is 9.59 Å². The minimum atomic E-state index is -0.376. The zero-order chi connectivity index (χ0) is 18.4. The first-order chi connectivity index (χ1) is 12.6. The van der Waals surface area contributed by atoms with Gasteiger partial charge in [-0.15, -0.1) is 0 Å². The summed E-state index contributed by atoms with van der Waals surface area (Å²) in [5.41, 5.74) is 0.748. The molecule has 1 N–H and O–H groups in total. The zero-order valence-corrected chi connectivity index (χ0v) is 17.0. The van der Waals surface area contributed by atoms with Crippen LogP contribution in [0.15, 0.2) is 28.7 Å². The van der Waals surface area contributed by atoms with E-state index >= 15 is 0 Å². The Balaban J connectivity index is 1.54. The lowest BCUT2D eigenvalue weighted by atomic mass is 9.78. The summed E-state index contributed by atoms with van der Waals surface area (Å²) in [6.07, 6.45) is 8.82. The highest BCUT2D eigenvalue weighted by molar-refractivity contribution is 9.10. The van der Waals surface area contributed by atoms with E-state index < -0.39 is 0 Å². The van der Waals surface area contributed by atoms with Crippen molar-refractivity contribution in [3.8, 4) is 0 Å². The number of likely N-dealkylation sites (tertiary alicyclic amines) is 1. The number of hydrogen-bond acceptors (Lipinski definition) is 2. The van der Waals surface area contributed by atoms with Crippen LogP contribution in [-0.2, 0) is 15.0 Å². The van der Waals surface area contributed by atoms with E-state index in [1.54, 1.807) is 0 Å². The van der Waals surface area contributed by atoms with Crippen LogP contribution in [-0.4, -0.2) is 36.3 Å². The quantitative estimate of drug-likeness (QED) is 0.701. The van der Waals surface area contributed by atoms with Gasteiger partial charge in [-0.1, -0.05) is 47.3 Å². The van der Waals surface area contributed by atoms with Gasteiger partial charge >= 0.3 is 0 Å². The van der Waals surface area contributed by atoms with Crippen molar-refractivity contribution in [1.82, 2.24) is 10.2 Å². The molecular weight excluding hydrogens is 392 g/mol. The van der Waals surface area contributed by atoms with Crippen molar-refractivity contribution in [1.29, 1.82) is 0 Å². The van der Waals surface area contributed by atoms with Crippen LogP contribution in [0.3, 0.4) is 0 Å². The van der Waals surface area contributed by atoms with E-state index in [2.05, 4.69) is 33.4 Å². The van der Waals surface area contributed by atoms with Crippen LogP contribution in [0.2, 0.25) is 0 Å². The third-order valence-electron chi connectivity index (χ3n) is 5.85. The van der Waals surface area contributed by atoms with Gasteiger partial charge in [-0.3, -0.25) is 9.59 Å². The number of halogens is 1. The van der Waals surface area contributed by atoms with Gasteiger partial charge in [-0.25, -0.2) is 0 Å². The van der Waals surface area contributed by atoms with Crippen molar-refractivity contribution in [3.05, 3.63) is 34.3 Å². The van der Waals surface area contributed by atoms with E-state index in [4.69, 9.17) is 0 Å². The minimum Gasteiger partial charge on any atom is -0.355 e. The predicted molar refractivity (Wildman–Crippen MR) is 107 cm³/mol. The fourth-order valence-electron chi connectivity index (χ4n) is 4.31. The smallest absolute Gasteiger partial charge is 0.230 e. The topological polar surface area (TPSA) is 49.4 Å². The molecule has 1 aliphatic heterocycles. The number of amides is 2. The number of benzene rings is 1. The third-order valence-corrected chi connectivity index (χ3v) is 6.38. The molecule has 4 nitrogen and oxygen atoms in total. The highest BCUT2D eigenvalue weighted by atomic mass is 79.9. The second-order valence-corrected chi connectivity index (χ2v) is 8.51. The monoisotopic (exact) mass is 420 g/mol. The van der Waals surface area contributed by atoms with E-state index in [0.717, 1.165) is 74.5 Å². The van der Waals surface area contributed by atoms with Gasteiger partial charge in [0.15, 0.2) is 0 Å². The molecule has 0 atom stereocenters. The molecule has 3 rings (SSSR count). The van der Waals surface area contributed by atoms with Crippen molar-refractivity contribution >= 4 is 27.7 Å². The summed E-state index contributed by atoms with van der Waals surface area (Å²) in [6.45, 7) is 2.26. The van der Waals surface area contributed by atoms with E-state index in [1.807, 2.05) is 17.0 Å². The maximum Gasteiger partial charge on any atom is 0.230 e. The average Bonchev–Trinajstić information content (AvgIpc) is 3.05. The molecule has 1 aliphatic carbocycles. The molecule has 1 aromatic rings. The van der Waals surface area contributed by atoms with Gasteiger partial charge in [0.25, 0.3) is 0 Å². The molecule has 0 spiro atoms. The van der Waals surface area contributed by atoms with Gasteiger partial charge in [0, 0.05) is 30.5 Å². The van der Waals surface area contributed by atoms with Crippen molar-refractivity contribution in [3.63, 3.8) is 0 Å². The summed E-state index contributed by atoms with van der Waals surface area (Å²) in [6, 6.07) is 8.19. The maximum absolute atomic E-state index is 13.0. The Morgan fingerprint density at radius 3 is 2.54 bits per heavy atom. The number of nitrogens with one attached hydrogen (secondary N) is 1. The summed E-state index contributed by atoms with van der Waals surface area (Å²) in [4.78, 5) is 27.0. The van der Waals surface area contributed by atoms with Crippen LogP contribution < -0.4 is 5.32 Å². The fourth-order valence-corrected chi connectivity index (χ4v) is 4.57. The summed E-state index contributed by atoms with van der Waals surface area (Å²) >= 11 is 3.48. The first kappa shape index (κ1) is 19.4. The van der Waals surface area contributed by atoms with Crippen LogP contribution in [0.25, 0.3) is 0 Å². The Morgan fingerprint density at radius 2 is 1.81 bits per heavy atom. The van der Waals surface area contributed by atoms with E-state index in [-0.39, 0.29) is 17.2 Å². The standard InChI is InChI=1S/C21H29BrN2O2/c22-18-10-8-17(9-11-18)21(12-3-4-13-21)20(26)23-14-6-16-24-15-5-1-2-7-19(24)25/h8-11H,1-7,12-16H2,(H,23,26). The van der Waals surface area contributed by atoms with Gasteiger partial charge < -0.3 is 10.2 Å². The second-order valence-electron chi connectivity index (χ2n) is 7.60. The predicted octanol–water partition coefficient (Wildman–Crippen LogP) is 4.17. The number of carbonyl (C=O) groups excluding carboxylic acids is 2. The van der Waals surface area contributed by atoms with Crippen LogP contribution in [0.4, 0.5) is 0 Å². The lowest BCUT2D eigenvalue weighted by Crippen LogP contribution is -2.43. The average molecular weight is 421 g/mol. The number of nitrogens with zero attached hydrogens (tertiary/aromatic N) is 1. The van der Waals surface area contributed by atoms with E-state index in [1.165, 1.54) is 0 Å². The normalized spacial score (nSPS) is 20.0. The fraction of sp³-hybridized carbons (Fsp3) is 0.619. The summed E-state index contributed by atoms with van der Waals surface area (Å²) in [5, 5.41) is 3.16. The SMILES string of the molecule is O=C1CCCCCN1CCCNC(=O)C1(c2ccc(Br)cc2)CCCC1. The lowest BCUT2D eigenvalue weighted by Gasteiger charge is -2.29. The summed E-state index contributed by atoms with van der Waals surface area (Å²) in [5.74, 6) is 0.426. The third kappa shape index (κ3) is 4.48. The molecule has 142 valence electrons. The molecule has 1 heterocycles. The highest BCUT2D eigenvalue weighted by Gasteiger charge is 2.42. The summed E-state index contributed by atoms with van der Waals surface area (Å²) < 4.78 is 1.04. The van der Waals surface area contributed by atoms with Crippen molar-refractivity contribution in [2.24, 2.45) is 0 Å². The van der Waals surface area contributed by atoms with Crippen LogP contribution in [0.5, 0.6) is 0 Å². The molecule has 0 radical (unpaired) electrons. The largest absolute Gasteiger partial charge is 0.355 e. The van der Waals surface area contributed by atoms with Crippen LogP contribution in [0.1, 0.15) is 63.4 Å². The molecule has 5 heteroatoms. The highest BCUT2D eigenvalue weighted by Crippen LogP contribution is 2.41. The molecule has 1 aromatic carbocycles. The molecule has 2 amide bonds. The maximum atomic E-state index is 13.0. The van der Waals surface area contributed by atoms with Gasteiger partial charge in [-0.2, -0.15) is 0 Å². The van der Waals surface area contributed by atoms with Gasteiger partial charge in [-0.05, 0) is 49.8 Å². The Morgan fingerprint density at radius 1 is 1.08 bits per heavy atom. The molecule has 2 aliphatic rings. The molecule has 2 fully saturated rings. The van der Waals surface area contributed by atoms with E-state index in [9.17, 15) is 9.59 Å². The number of hydrogen-bond donors (Lipinski definition) is 1. The van der Waals surface area contributed by atoms with Crippen molar-refractivity contribution in [2.45, 2.75) is 63.2 Å². The molecule has 26 heavy (non-hydrogen) atoms. The first-order valence-electron chi connectivity index (χ1n) is 9.94. The Labute approximate surface area is 164 Å². The number of rotatable bonds is 6. The van der Waals surface area contributed by atoms with Gasteiger partial charge in [0.2, 0.25) is 11.8 Å². The van der Waals surface area contributed by atoms with Gasteiger partial charge in [0.1, 0.15) is 0 Å². The molecule has 1 saturated carbocycles. The van der Waals surface area contributed by atoms with Crippen molar-refractivity contribution in [2.75, 3.05) is 19.6 Å². The zero-order valence-electron chi connectivity index (χ0n) is 15.4. The van der Waals surface area contributed by atoms with Gasteiger partial charge in [0.05, 0.1) is 5.41 Å². The number of carbonyl (C=O) groups is 2. The first-order valence-corrected chi connectivity index (χ1v) is 10.7.